The Balaban J connectivity index is 1.53. The molecule has 2 N–H and O–H groups in total. The zero-order valence-electron chi connectivity index (χ0n) is 15.4. The summed E-state index contributed by atoms with van der Waals surface area (Å²) >= 11 is 0. The predicted molar refractivity (Wildman–Crippen MR) is 96.7 cm³/mol. The second kappa shape index (κ2) is 6.01. The molecule has 4 aliphatic rings. The molecular weight excluding hydrogens is 318 g/mol. The van der Waals surface area contributed by atoms with Gasteiger partial charge in [0, 0.05) is 18.8 Å². The maximum atomic E-state index is 12.6. The highest BCUT2D eigenvalue weighted by atomic mass is 16.5. The molecule has 5 rings (SSSR count). The number of nitrogens with one attached hydrogen (secondary N) is 2. The van der Waals surface area contributed by atoms with E-state index < -0.39 is 11.0 Å². The van der Waals surface area contributed by atoms with Crippen LogP contribution in [0.2, 0.25) is 0 Å². The van der Waals surface area contributed by atoms with Gasteiger partial charge in [0.2, 0.25) is 0 Å². The van der Waals surface area contributed by atoms with Crippen LogP contribution in [0.3, 0.4) is 0 Å². The highest BCUT2D eigenvalue weighted by molar-refractivity contribution is 5.41. The molecule has 1 saturated heterocycles. The third kappa shape index (κ3) is 2.65. The van der Waals surface area contributed by atoms with Crippen LogP contribution in [0.4, 0.5) is 5.69 Å². The third-order valence-corrected chi connectivity index (χ3v) is 7.14. The molecule has 6 nitrogen and oxygen atoms in total. The fourth-order valence-electron chi connectivity index (χ4n) is 5.27. The monoisotopic (exact) mass is 347 g/mol. The van der Waals surface area contributed by atoms with Crippen molar-refractivity contribution in [3.05, 3.63) is 26.8 Å². The molecule has 3 saturated carbocycles. The van der Waals surface area contributed by atoms with Gasteiger partial charge in [-0.1, -0.05) is 20.8 Å². The van der Waals surface area contributed by atoms with Gasteiger partial charge < -0.3 is 10.1 Å². The molecule has 1 aromatic heterocycles. The molecule has 0 amide bonds. The topological polar surface area (TPSA) is 76.1 Å². The van der Waals surface area contributed by atoms with Gasteiger partial charge in [0.25, 0.3) is 5.43 Å². The van der Waals surface area contributed by atoms with Gasteiger partial charge in [0.15, 0.2) is 6.23 Å². The summed E-state index contributed by atoms with van der Waals surface area (Å²) in [6.07, 6.45) is 6.44. The number of rotatable bonds is 3. The van der Waals surface area contributed by atoms with Crippen molar-refractivity contribution in [3.8, 4) is 0 Å². The van der Waals surface area contributed by atoms with E-state index in [1.807, 2.05) is 0 Å². The van der Waals surface area contributed by atoms with Crippen molar-refractivity contribution in [1.29, 1.82) is 0 Å². The standard InChI is InChI=1S/C19H29N3O3/c1-11-13-8-12(19(13,2)3)9-14(11)21-15-10-20-22(18(24)17(15)23)16-6-4-5-7-25-16/h10-14,16,20-21H,4-9H2,1-3H3/t11-,12?,13-,14-,16?/m1/s1. The maximum absolute atomic E-state index is 12.6. The Kier molecular flexibility index (Phi) is 4.06. The van der Waals surface area contributed by atoms with Crippen molar-refractivity contribution >= 4 is 5.69 Å². The lowest BCUT2D eigenvalue weighted by molar-refractivity contribution is -0.105. The zero-order chi connectivity index (χ0) is 17.8. The van der Waals surface area contributed by atoms with Crippen molar-refractivity contribution < 1.29 is 4.74 Å². The molecular formula is C19H29N3O3. The van der Waals surface area contributed by atoms with Gasteiger partial charge in [-0.25, -0.2) is 4.68 Å². The van der Waals surface area contributed by atoms with E-state index in [1.165, 1.54) is 11.1 Å². The molecule has 5 atom stereocenters. The van der Waals surface area contributed by atoms with Crippen LogP contribution in [0.25, 0.3) is 0 Å². The lowest BCUT2D eigenvalue weighted by Gasteiger charge is -2.62. The third-order valence-electron chi connectivity index (χ3n) is 7.14. The molecule has 3 aliphatic carbocycles. The molecule has 0 aromatic carbocycles. The molecule has 1 aliphatic heterocycles. The van der Waals surface area contributed by atoms with Gasteiger partial charge in [-0.2, -0.15) is 0 Å². The first kappa shape index (κ1) is 16.9. The number of H-pyrrole nitrogens is 1. The van der Waals surface area contributed by atoms with Crippen molar-refractivity contribution in [2.45, 2.75) is 65.1 Å². The summed E-state index contributed by atoms with van der Waals surface area (Å²) in [5, 5.41) is 6.35. The summed E-state index contributed by atoms with van der Waals surface area (Å²) in [4.78, 5) is 25.0. The van der Waals surface area contributed by atoms with Crippen LogP contribution in [0, 0.1) is 23.2 Å². The van der Waals surface area contributed by atoms with Crippen LogP contribution in [0.15, 0.2) is 15.8 Å². The number of fused-ring (bicyclic) bond motifs is 2. The normalized spacial score (nSPS) is 36.5. The van der Waals surface area contributed by atoms with E-state index in [9.17, 15) is 9.59 Å². The van der Waals surface area contributed by atoms with Crippen molar-refractivity contribution in [2.24, 2.45) is 23.2 Å². The van der Waals surface area contributed by atoms with Crippen LogP contribution in [0.1, 0.15) is 59.1 Å². The lowest BCUT2D eigenvalue weighted by Crippen LogP contribution is -2.58. The molecule has 25 heavy (non-hydrogen) atoms. The quantitative estimate of drug-likeness (QED) is 0.824. The summed E-state index contributed by atoms with van der Waals surface area (Å²) in [5.74, 6) is 1.91. The first-order valence-corrected chi connectivity index (χ1v) is 9.62. The van der Waals surface area contributed by atoms with E-state index in [0.29, 0.717) is 35.5 Å². The first-order valence-electron chi connectivity index (χ1n) is 9.62. The average molecular weight is 347 g/mol. The van der Waals surface area contributed by atoms with Crippen LogP contribution in [-0.4, -0.2) is 22.4 Å². The largest absolute Gasteiger partial charge is 0.377 e. The Morgan fingerprint density at radius 1 is 1.28 bits per heavy atom. The highest BCUT2D eigenvalue weighted by Gasteiger charge is 2.56. The van der Waals surface area contributed by atoms with E-state index in [2.05, 4.69) is 31.2 Å². The van der Waals surface area contributed by atoms with Gasteiger partial charge in [0.05, 0.1) is 0 Å². The van der Waals surface area contributed by atoms with Crippen LogP contribution in [0.5, 0.6) is 0 Å². The van der Waals surface area contributed by atoms with E-state index in [1.54, 1.807) is 6.20 Å². The van der Waals surface area contributed by atoms with Crippen molar-refractivity contribution in [1.82, 2.24) is 9.78 Å². The number of aromatic nitrogens is 2. The predicted octanol–water partition coefficient (Wildman–Crippen LogP) is 2.72. The molecule has 4 fully saturated rings. The fourth-order valence-corrected chi connectivity index (χ4v) is 5.27. The second-order valence-electron chi connectivity index (χ2n) is 8.72. The summed E-state index contributed by atoms with van der Waals surface area (Å²) in [6, 6.07) is 0.263. The lowest BCUT2D eigenvalue weighted by atomic mass is 9.45. The number of anilines is 1. The average Bonchev–Trinajstić information content (AvgIpc) is 2.61. The summed E-state index contributed by atoms with van der Waals surface area (Å²) in [7, 11) is 0. The number of nitrogens with zero attached hydrogens (tertiary/aromatic N) is 1. The first-order chi connectivity index (χ1) is 11.9. The minimum atomic E-state index is -0.522. The van der Waals surface area contributed by atoms with Gasteiger partial charge in [0.1, 0.15) is 5.69 Å². The summed E-state index contributed by atoms with van der Waals surface area (Å²) in [5.41, 5.74) is -0.177. The van der Waals surface area contributed by atoms with Crippen molar-refractivity contribution in [3.63, 3.8) is 0 Å². The summed E-state index contributed by atoms with van der Waals surface area (Å²) in [6.45, 7) is 7.62. The Hall–Kier alpha value is -1.56. The van der Waals surface area contributed by atoms with Gasteiger partial charge >= 0.3 is 5.56 Å². The van der Waals surface area contributed by atoms with Gasteiger partial charge in [-0.3, -0.25) is 14.7 Å². The molecule has 0 spiro atoms. The van der Waals surface area contributed by atoms with E-state index >= 15 is 0 Å². The van der Waals surface area contributed by atoms with Crippen molar-refractivity contribution in [2.75, 3.05) is 11.9 Å². The number of ether oxygens (including phenoxy) is 1. The second-order valence-corrected chi connectivity index (χ2v) is 8.72. The number of hydrogen-bond donors (Lipinski definition) is 2. The maximum Gasteiger partial charge on any atom is 0.317 e. The molecule has 2 bridgehead atoms. The molecule has 138 valence electrons. The van der Waals surface area contributed by atoms with Crippen LogP contribution >= 0.6 is 0 Å². The minimum absolute atomic E-state index is 0.263. The van der Waals surface area contributed by atoms with Gasteiger partial charge in [-0.05, 0) is 55.3 Å². The smallest absolute Gasteiger partial charge is 0.317 e. The molecule has 1 aromatic rings. The number of hydrogen-bond acceptors (Lipinski definition) is 4. The van der Waals surface area contributed by atoms with Crippen LogP contribution in [-0.2, 0) is 4.74 Å². The molecule has 2 unspecified atom stereocenters. The minimum Gasteiger partial charge on any atom is -0.377 e. The summed E-state index contributed by atoms with van der Waals surface area (Å²) < 4.78 is 6.97. The van der Waals surface area contributed by atoms with E-state index in [4.69, 9.17) is 4.74 Å². The van der Waals surface area contributed by atoms with Gasteiger partial charge in [-0.15, -0.1) is 0 Å². The molecule has 0 radical (unpaired) electrons. The van der Waals surface area contributed by atoms with Crippen LogP contribution < -0.4 is 16.3 Å². The SMILES string of the molecule is C[C@@H]1[C@H]2CC(C[C@H]1Nc1c[nH]n(C3CCCCO3)c(=O)c1=O)C2(C)C. The zero-order valence-corrected chi connectivity index (χ0v) is 15.4. The molecule has 2 heterocycles. The molecule has 6 heteroatoms. The van der Waals surface area contributed by atoms with E-state index in [-0.39, 0.29) is 12.3 Å². The number of aromatic amines is 1. The highest BCUT2D eigenvalue weighted by Crippen LogP contribution is 2.61. The van der Waals surface area contributed by atoms with E-state index in [0.717, 1.165) is 25.7 Å². The Morgan fingerprint density at radius 3 is 2.72 bits per heavy atom. The Labute approximate surface area is 147 Å². The Morgan fingerprint density at radius 2 is 2.08 bits per heavy atom. The fraction of sp³-hybridized carbons (Fsp3) is 0.789. The Bertz CT molecular complexity index is 760.